The molecule has 1 rings (SSSR count). The fraction of sp³-hybridized carbons (Fsp3) is 0.647. The SMILES string of the molecule is CCc1ccc(CC)c(CCC(C)(C)CCN)c1. The normalized spacial score (nSPS) is 11.8. The summed E-state index contributed by atoms with van der Waals surface area (Å²) in [7, 11) is 0. The zero-order valence-corrected chi connectivity index (χ0v) is 12.6. The van der Waals surface area contributed by atoms with Gasteiger partial charge in [-0.05, 0) is 60.8 Å². The second-order valence-corrected chi connectivity index (χ2v) is 6.01. The van der Waals surface area contributed by atoms with E-state index in [1.807, 2.05) is 0 Å². The van der Waals surface area contributed by atoms with Gasteiger partial charge in [-0.25, -0.2) is 0 Å². The number of hydrogen-bond donors (Lipinski definition) is 1. The molecule has 0 amide bonds. The minimum atomic E-state index is 0.363. The molecule has 1 nitrogen and oxygen atoms in total. The topological polar surface area (TPSA) is 26.0 Å². The maximum Gasteiger partial charge on any atom is -0.00722 e. The largest absolute Gasteiger partial charge is 0.330 e. The number of aryl methyl sites for hydroxylation is 3. The minimum Gasteiger partial charge on any atom is -0.330 e. The van der Waals surface area contributed by atoms with Crippen molar-refractivity contribution in [1.29, 1.82) is 0 Å². The highest BCUT2D eigenvalue weighted by Gasteiger charge is 2.17. The Morgan fingerprint density at radius 1 is 1.00 bits per heavy atom. The highest BCUT2D eigenvalue weighted by Crippen LogP contribution is 2.27. The zero-order chi connectivity index (χ0) is 13.6. The van der Waals surface area contributed by atoms with Crippen molar-refractivity contribution in [2.24, 2.45) is 11.1 Å². The van der Waals surface area contributed by atoms with Crippen LogP contribution >= 0.6 is 0 Å². The van der Waals surface area contributed by atoms with Crippen LogP contribution in [0, 0.1) is 5.41 Å². The van der Waals surface area contributed by atoms with Gasteiger partial charge in [0.1, 0.15) is 0 Å². The van der Waals surface area contributed by atoms with E-state index in [9.17, 15) is 0 Å². The molecular weight excluding hydrogens is 218 g/mol. The van der Waals surface area contributed by atoms with Crippen molar-refractivity contribution in [2.45, 2.75) is 59.8 Å². The molecule has 1 aromatic carbocycles. The van der Waals surface area contributed by atoms with Crippen molar-refractivity contribution in [3.05, 3.63) is 34.9 Å². The van der Waals surface area contributed by atoms with Crippen molar-refractivity contribution in [1.82, 2.24) is 0 Å². The lowest BCUT2D eigenvalue weighted by atomic mass is 9.82. The van der Waals surface area contributed by atoms with Gasteiger partial charge in [0.15, 0.2) is 0 Å². The Bertz CT molecular complexity index is 366. The first-order valence-corrected chi connectivity index (χ1v) is 7.33. The Labute approximate surface area is 113 Å². The van der Waals surface area contributed by atoms with Crippen LogP contribution in [0.2, 0.25) is 0 Å². The first kappa shape index (κ1) is 15.2. The first-order chi connectivity index (χ1) is 8.52. The number of benzene rings is 1. The fourth-order valence-electron chi connectivity index (χ4n) is 2.47. The summed E-state index contributed by atoms with van der Waals surface area (Å²) in [5, 5.41) is 0. The molecule has 102 valence electrons. The van der Waals surface area contributed by atoms with E-state index in [4.69, 9.17) is 5.73 Å². The van der Waals surface area contributed by atoms with E-state index in [0.717, 1.165) is 25.8 Å². The average molecular weight is 247 g/mol. The van der Waals surface area contributed by atoms with Crippen LogP contribution < -0.4 is 5.73 Å². The van der Waals surface area contributed by atoms with Crippen LogP contribution in [0.25, 0.3) is 0 Å². The summed E-state index contributed by atoms with van der Waals surface area (Å²) < 4.78 is 0. The lowest BCUT2D eigenvalue weighted by Crippen LogP contribution is -2.18. The molecule has 0 aromatic heterocycles. The molecule has 0 aliphatic rings. The summed E-state index contributed by atoms with van der Waals surface area (Å²) in [6.07, 6.45) is 5.79. The van der Waals surface area contributed by atoms with Gasteiger partial charge < -0.3 is 5.73 Å². The third-order valence-electron chi connectivity index (χ3n) is 3.95. The Morgan fingerprint density at radius 3 is 2.28 bits per heavy atom. The highest BCUT2D eigenvalue weighted by molar-refractivity contribution is 5.32. The molecule has 1 heteroatoms. The molecule has 0 heterocycles. The van der Waals surface area contributed by atoms with E-state index in [2.05, 4.69) is 45.9 Å². The summed E-state index contributed by atoms with van der Waals surface area (Å²) in [5.74, 6) is 0. The van der Waals surface area contributed by atoms with Crippen molar-refractivity contribution >= 4 is 0 Å². The standard InChI is InChI=1S/C17H29N/c1-5-14-7-8-15(6-2)16(13-14)9-10-17(3,4)11-12-18/h7-8,13H,5-6,9-12,18H2,1-4H3. The summed E-state index contributed by atoms with van der Waals surface area (Å²) in [6.45, 7) is 9.92. The smallest absolute Gasteiger partial charge is 0.00722 e. The third-order valence-corrected chi connectivity index (χ3v) is 3.95. The first-order valence-electron chi connectivity index (χ1n) is 7.33. The molecule has 18 heavy (non-hydrogen) atoms. The Morgan fingerprint density at radius 2 is 1.72 bits per heavy atom. The molecule has 0 radical (unpaired) electrons. The quantitative estimate of drug-likeness (QED) is 0.770. The van der Waals surface area contributed by atoms with Crippen molar-refractivity contribution in [3.63, 3.8) is 0 Å². The van der Waals surface area contributed by atoms with E-state index < -0.39 is 0 Å². The van der Waals surface area contributed by atoms with Gasteiger partial charge in [0.2, 0.25) is 0 Å². The number of nitrogens with two attached hydrogens (primary N) is 1. The Balaban J connectivity index is 2.76. The molecule has 1 aromatic rings. The molecule has 0 fully saturated rings. The number of rotatable bonds is 7. The second kappa shape index (κ2) is 6.94. The minimum absolute atomic E-state index is 0.363. The number of hydrogen-bond acceptors (Lipinski definition) is 1. The Hall–Kier alpha value is -0.820. The molecule has 0 spiro atoms. The van der Waals surface area contributed by atoms with Gasteiger partial charge in [-0.2, -0.15) is 0 Å². The van der Waals surface area contributed by atoms with Gasteiger partial charge in [0.25, 0.3) is 0 Å². The van der Waals surface area contributed by atoms with Gasteiger partial charge in [0.05, 0.1) is 0 Å². The van der Waals surface area contributed by atoms with Crippen LogP contribution in [0.5, 0.6) is 0 Å². The lowest BCUT2D eigenvalue weighted by Gasteiger charge is -2.24. The van der Waals surface area contributed by atoms with Crippen LogP contribution in [-0.2, 0) is 19.3 Å². The van der Waals surface area contributed by atoms with Gasteiger partial charge in [-0.15, -0.1) is 0 Å². The maximum atomic E-state index is 5.69. The molecular formula is C17H29N. The summed E-state index contributed by atoms with van der Waals surface area (Å²) in [6, 6.07) is 6.98. The summed E-state index contributed by atoms with van der Waals surface area (Å²) in [4.78, 5) is 0. The third kappa shape index (κ3) is 4.45. The molecule has 0 saturated heterocycles. The molecule has 0 atom stereocenters. The van der Waals surface area contributed by atoms with E-state index >= 15 is 0 Å². The van der Waals surface area contributed by atoms with E-state index in [0.29, 0.717) is 5.41 Å². The van der Waals surface area contributed by atoms with Crippen LogP contribution in [0.15, 0.2) is 18.2 Å². The monoisotopic (exact) mass is 247 g/mol. The van der Waals surface area contributed by atoms with Gasteiger partial charge in [0, 0.05) is 0 Å². The predicted octanol–water partition coefficient (Wildman–Crippen LogP) is 4.12. The van der Waals surface area contributed by atoms with Crippen molar-refractivity contribution in [3.8, 4) is 0 Å². The van der Waals surface area contributed by atoms with Gasteiger partial charge in [-0.1, -0.05) is 45.9 Å². The predicted molar refractivity (Wildman–Crippen MR) is 81.0 cm³/mol. The highest BCUT2D eigenvalue weighted by atomic mass is 14.5. The van der Waals surface area contributed by atoms with Crippen LogP contribution in [0.4, 0.5) is 0 Å². The average Bonchev–Trinajstić information content (AvgIpc) is 2.36. The van der Waals surface area contributed by atoms with E-state index in [-0.39, 0.29) is 0 Å². The molecule has 0 bridgehead atoms. The molecule has 0 aliphatic carbocycles. The van der Waals surface area contributed by atoms with E-state index in [1.165, 1.54) is 24.0 Å². The maximum absolute atomic E-state index is 5.69. The molecule has 0 aliphatic heterocycles. The van der Waals surface area contributed by atoms with Crippen LogP contribution in [0.3, 0.4) is 0 Å². The van der Waals surface area contributed by atoms with E-state index in [1.54, 1.807) is 5.56 Å². The Kier molecular flexibility index (Phi) is 5.87. The van der Waals surface area contributed by atoms with Crippen LogP contribution in [-0.4, -0.2) is 6.54 Å². The lowest BCUT2D eigenvalue weighted by molar-refractivity contribution is 0.313. The summed E-state index contributed by atoms with van der Waals surface area (Å²) in [5.41, 5.74) is 10.6. The fourth-order valence-corrected chi connectivity index (χ4v) is 2.47. The zero-order valence-electron chi connectivity index (χ0n) is 12.6. The van der Waals surface area contributed by atoms with Gasteiger partial charge in [-0.3, -0.25) is 0 Å². The van der Waals surface area contributed by atoms with Crippen molar-refractivity contribution in [2.75, 3.05) is 6.54 Å². The summed E-state index contributed by atoms with van der Waals surface area (Å²) >= 11 is 0. The molecule has 2 N–H and O–H groups in total. The second-order valence-electron chi connectivity index (χ2n) is 6.01. The molecule has 0 saturated carbocycles. The van der Waals surface area contributed by atoms with Crippen LogP contribution in [0.1, 0.15) is 57.2 Å². The van der Waals surface area contributed by atoms with Crippen molar-refractivity contribution < 1.29 is 0 Å². The molecule has 0 unspecified atom stereocenters. The van der Waals surface area contributed by atoms with Gasteiger partial charge >= 0.3 is 0 Å².